The van der Waals surface area contributed by atoms with Crippen LogP contribution in [-0.2, 0) is 0 Å². The Morgan fingerprint density at radius 3 is 2.55 bits per heavy atom. The molecule has 2 rings (SSSR count). The molecule has 0 saturated carbocycles. The molecule has 0 aliphatic heterocycles. The third-order valence-corrected chi connectivity index (χ3v) is 3.96. The molecule has 0 radical (unpaired) electrons. The van der Waals surface area contributed by atoms with Crippen molar-refractivity contribution in [2.24, 2.45) is 0 Å². The second-order valence-electron chi connectivity index (χ2n) is 5.63. The number of anilines is 1. The topological polar surface area (TPSA) is 48.8 Å². The summed E-state index contributed by atoms with van der Waals surface area (Å²) >= 11 is 0. The number of pyridine rings is 1. The predicted molar refractivity (Wildman–Crippen MR) is 94.0 cm³/mol. The first-order chi connectivity index (χ1) is 10.7. The fourth-order valence-corrected chi connectivity index (χ4v) is 2.64. The molecule has 0 saturated heterocycles. The molecule has 1 atom stereocenters. The third-order valence-electron chi connectivity index (χ3n) is 3.96. The van der Waals surface area contributed by atoms with Gasteiger partial charge in [0.15, 0.2) is 0 Å². The first-order valence-corrected chi connectivity index (χ1v) is 8.03. The summed E-state index contributed by atoms with van der Waals surface area (Å²) in [6.07, 6.45) is 5.10. The molecular formula is C19H25N3. The first-order valence-electron chi connectivity index (χ1n) is 8.03. The van der Waals surface area contributed by atoms with Gasteiger partial charge < -0.3 is 5.32 Å². The van der Waals surface area contributed by atoms with Gasteiger partial charge in [-0.25, -0.2) is 4.98 Å². The fraction of sp³-hybridized carbons (Fsp3) is 0.368. The van der Waals surface area contributed by atoms with E-state index in [0.717, 1.165) is 41.8 Å². The maximum atomic E-state index is 8.58. The Labute approximate surface area is 133 Å². The number of benzene rings is 1. The maximum absolute atomic E-state index is 8.58. The molecule has 0 spiro atoms. The number of rotatable bonds is 7. The second kappa shape index (κ2) is 7.74. The van der Waals surface area contributed by atoms with Crippen LogP contribution in [0.1, 0.15) is 49.8 Å². The summed E-state index contributed by atoms with van der Waals surface area (Å²) in [6, 6.07) is 12.3. The maximum Gasteiger partial charge on any atom is 0.135 e. The minimum absolute atomic E-state index is 0.406. The number of hydrogen-bond donors (Lipinski definition) is 2. The minimum atomic E-state index is 0.406. The van der Waals surface area contributed by atoms with Crippen LogP contribution in [0.15, 0.2) is 42.6 Å². The Hall–Kier alpha value is -2.16. The van der Waals surface area contributed by atoms with E-state index in [1.54, 1.807) is 6.20 Å². The molecule has 0 bridgehead atoms. The third kappa shape index (κ3) is 3.73. The Balaban J connectivity index is 2.32. The SMILES string of the molecule is CCCC(CC)Nc1ncccc1C(=N)c1ccccc1C. The van der Waals surface area contributed by atoms with E-state index in [1.807, 2.05) is 43.3 Å². The van der Waals surface area contributed by atoms with E-state index in [1.165, 1.54) is 0 Å². The van der Waals surface area contributed by atoms with E-state index >= 15 is 0 Å². The molecule has 22 heavy (non-hydrogen) atoms. The van der Waals surface area contributed by atoms with Crippen LogP contribution >= 0.6 is 0 Å². The highest BCUT2D eigenvalue weighted by Gasteiger charge is 2.14. The molecule has 0 aliphatic rings. The smallest absolute Gasteiger partial charge is 0.135 e. The number of nitrogens with zero attached hydrogens (tertiary/aromatic N) is 1. The van der Waals surface area contributed by atoms with Crippen LogP contribution in [0.25, 0.3) is 0 Å². The van der Waals surface area contributed by atoms with Crippen molar-refractivity contribution < 1.29 is 0 Å². The van der Waals surface area contributed by atoms with Crippen molar-refractivity contribution in [3.63, 3.8) is 0 Å². The molecule has 0 amide bonds. The highest BCUT2D eigenvalue weighted by molar-refractivity contribution is 6.14. The van der Waals surface area contributed by atoms with Gasteiger partial charge in [-0.2, -0.15) is 0 Å². The van der Waals surface area contributed by atoms with Crippen LogP contribution < -0.4 is 5.32 Å². The van der Waals surface area contributed by atoms with Crippen LogP contribution in [0.2, 0.25) is 0 Å². The van der Waals surface area contributed by atoms with E-state index in [2.05, 4.69) is 24.1 Å². The quantitative estimate of drug-likeness (QED) is 0.721. The van der Waals surface area contributed by atoms with Crippen molar-refractivity contribution in [2.75, 3.05) is 5.32 Å². The zero-order valence-electron chi connectivity index (χ0n) is 13.7. The average molecular weight is 295 g/mol. The lowest BCUT2D eigenvalue weighted by molar-refractivity contribution is 0.620. The number of hydrogen-bond acceptors (Lipinski definition) is 3. The Morgan fingerprint density at radius 1 is 1.14 bits per heavy atom. The zero-order chi connectivity index (χ0) is 15.9. The van der Waals surface area contributed by atoms with Gasteiger partial charge in [-0.3, -0.25) is 5.41 Å². The highest BCUT2D eigenvalue weighted by Crippen LogP contribution is 2.21. The summed E-state index contributed by atoms with van der Waals surface area (Å²) in [4.78, 5) is 4.47. The Morgan fingerprint density at radius 2 is 1.86 bits per heavy atom. The van der Waals surface area contributed by atoms with Gasteiger partial charge in [0.05, 0.1) is 5.71 Å². The lowest BCUT2D eigenvalue weighted by atomic mass is 9.98. The summed E-state index contributed by atoms with van der Waals surface area (Å²) in [7, 11) is 0. The lowest BCUT2D eigenvalue weighted by Gasteiger charge is -2.19. The van der Waals surface area contributed by atoms with Crippen LogP contribution in [0.4, 0.5) is 5.82 Å². The number of nitrogens with one attached hydrogen (secondary N) is 2. The fourth-order valence-electron chi connectivity index (χ4n) is 2.64. The van der Waals surface area contributed by atoms with Gasteiger partial charge in [-0.1, -0.05) is 44.5 Å². The van der Waals surface area contributed by atoms with Crippen molar-refractivity contribution in [3.05, 3.63) is 59.3 Å². The molecule has 0 aliphatic carbocycles. The molecule has 0 fully saturated rings. The van der Waals surface area contributed by atoms with Gasteiger partial charge in [0.25, 0.3) is 0 Å². The summed E-state index contributed by atoms with van der Waals surface area (Å²) in [6.45, 7) is 6.42. The molecule has 1 heterocycles. The summed E-state index contributed by atoms with van der Waals surface area (Å²) in [5.74, 6) is 0.816. The largest absolute Gasteiger partial charge is 0.367 e. The van der Waals surface area contributed by atoms with Crippen LogP contribution in [0, 0.1) is 12.3 Å². The predicted octanol–water partition coefficient (Wildman–Crippen LogP) is 4.80. The van der Waals surface area contributed by atoms with Crippen molar-refractivity contribution in [1.29, 1.82) is 5.41 Å². The van der Waals surface area contributed by atoms with Gasteiger partial charge in [0.1, 0.15) is 5.82 Å². The van der Waals surface area contributed by atoms with Crippen molar-refractivity contribution in [3.8, 4) is 0 Å². The highest BCUT2D eigenvalue weighted by atomic mass is 15.0. The summed E-state index contributed by atoms with van der Waals surface area (Å²) in [5.41, 5.74) is 3.47. The summed E-state index contributed by atoms with van der Waals surface area (Å²) < 4.78 is 0. The van der Waals surface area contributed by atoms with E-state index in [0.29, 0.717) is 11.8 Å². The number of aryl methyl sites for hydroxylation is 1. The van der Waals surface area contributed by atoms with Crippen molar-refractivity contribution in [1.82, 2.24) is 4.98 Å². The molecule has 1 aromatic carbocycles. The normalized spacial score (nSPS) is 12.0. The molecule has 3 heteroatoms. The standard InChI is InChI=1S/C19H25N3/c1-4-9-15(5-2)22-19-17(12-8-13-21-19)18(20)16-11-7-6-10-14(16)3/h6-8,10-13,15,20H,4-5,9H2,1-3H3,(H,21,22). The molecule has 1 unspecified atom stereocenters. The van der Waals surface area contributed by atoms with Gasteiger partial charge in [0.2, 0.25) is 0 Å². The monoisotopic (exact) mass is 295 g/mol. The van der Waals surface area contributed by atoms with Gasteiger partial charge in [-0.15, -0.1) is 0 Å². The van der Waals surface area contributed by atoms with Crippen LogP contribution in [0.5, 0.6) is 0 Å². The molecule has 3 nitrogen and oxygen atoms in total. The minimum Gasteiger partial charge on any atom is -0.367 e. The Kier molecular flexibility index (Phi) is 5.70. The van der Waals surface area contributed by atoms with Crippen molar-refractivity contribution in [2.45, 2.75) is 46.1 Å². The zero-order valence-corrected chi connectivity index (χ0v) is 13.7. The van der Waals surface area contributed by atoms with Crippen LogP contribution in [0.3, 0.4) is 0 Å². The molecule has 1 aromatic heterocycles. The lowest BCUT2D eigenvalue weighted by Crippen LogP contribution is -2.21. The Bertz CT molecular complexity index is 634. The van der Waals surface area contributed by atoms with E-state index in [4.69, 9.17) is 5.41 Å². The van der Waals surface area contributed by atoms with E-state index in [-0.39, 0.29) is 0 Å². The van der Waals surface area contributed by atoms with Gasteiger partial charge in [-0.05, 0) is 37.5 Å². The van der Waals surface area contributed by atoms with E-state index < -0.39 is 0 Å². The molecule has 2 aromatic rings. The van der Waals surface area contributed by atoms with Gasteiger partial charge in [0, 0.05) is 23.4 Å². The number of aromatic nitrogens is 1. The van der Waals surface area contributed by atoms with Crippen molar-refractivity contribution >= 4 is 11.5 Å². The van der Waals surface area contributed by atoms with Crippen LogP contribution in [-0.4, -0.2) is 16.7 Å². The average Bonchev–Trinajstić information content (AvgIpc) is 2.54. The first kappa shape index (κ1) is 16.2. The molecular weight excluding hydrogens is 270 g/mol. The van der Waals surface area contributed by atoms with E-state index in [9.17, 15) is 0 Å². The van der Waals surface area contributed by atoms with Gasteiger partial charge >= 0.3 is 0 Å². The molecule has 2 N–H and O–H groups in total. The second-order valence-corrected chi connectivity index (χ2v) is 5.63. The summed E-state index contributed by atoms with van der Waals surface area (Å²) in [5, 5.41) is 12.1. The molecule has 116 valence electrons.